The lowest BCUT2D eigenvalue weighted by Gasteiger charge is -2.36. The maximum Gasteiger partial charge on any atom is 0.254 e. The number of hydrogen-bond acceptors (Lipinski definition) is 7. The first-order chi connectivity index (χ1) is 23.3. The van der Waals surface area contributed by atoms with Crippen molar-refractivity contribution in [2.75, 3.05) is 27.3 Å². The molecule has 0 spiro atoms. The van der Waals surface area contributed by atoms with Gasteiger partial charge in [-0.2, -0.15) is 0 Å². The number of hydrogen-bond donors (Lipinski definition) is 2. The SMILES string of the molecule is COc1cc(C(=O)N2CC[C@@H](OC)[C@@H](N)C2)cc2nc(-c3cc4ccc5nc4n3CCCCCc3ccccc3C(=O)N[C@@H]5C)n(C)c12. The summed E-state index contributed by atoms with van der Waals surface area (Å²) >= 11 is 0. The van der Waals surface area contributed by atoms with Crippen molar-refractivity contribution in [2.24, 2.45) is 12.8 Å². The number of nitrogens with two attached hydrogens (primary N) is 1. The van der Waals surface area contributed by atoms with Crippen LogP contribution in [0.25, 0.3) is 33.6 Å². The van der Waals surface area contributed by atoms with Crippen LogP contribution in [0.2, 0.25) is 0 Å². The number of benzene rings is 2. The molecule has 7 rings (SSSR count). The van der Waals surface area contributed by atoms with Crippen LogP contribution in [0.15, 0.2) is 54.6 Å². The van der Waals surface area contributed by atoms with Gasteiger partial charge in [-0.1, -0.05) is 24.6 Å². The van der Waals surface area contributed by atoms with Gasteiger partial charge in [0.15, 0.2) is 5.82 Å². The summed E-state index contributed by atoms with van der Waals surface area (Å²) in [6.45, 7) is 3.73. The Balaban J connectivity index is 1.27. The number of amides is 2. The van der Waals surface area contributed by atoms with Crippen LogP contribution in [0.3, 0.4) is 0 Å². The zero-order valence-electron chi connectivity index (χ0n) is 28.0. The van der Waals surface area contributed by atoms with Crippen LogP contribution in [-0.4, -0.2) is 75.3 Å². The number of piperidine rings is 1. The molecule has 3 N–H and O–H groups in total. The molecule has 0 saturated carbocycles. The highest BCUT2D eigenvalue weighted by atomic mass is 16.5. The Kier molecular flexibility index (Phi) is 8.65. The van der Waals surface area contributed by atoms with Crippen molar-refractivity contribution in [2.45, 2.75) is 63.8 Å². The lowest BCUT2D eigenvalue weighted by atomic mass is 10.00. The number of pyridine rings is 1. The monoisotopic (exact) mass is 649 g/mol. The van der Waals surface area contributed by atoms with Crippen LogP contribution in [0.1, 0.15) is 70.6 Å². The van der Waals surface area contributed by atoms with Gasteiger partial charge < -0.3 is 34.6 Å². The smallest absolute Gasteiger partial charge is 0.254 e. The van der Waals surface area contributed by atoms with Gasteiger partial charge in [-0.15, -0.1) is 0 Å². The average Bonchev–Trinajstić information content (AvgIpc) is 3.63. The van der Waals surface area contributed by atoms with Crippen LogP contribution in [-0.2, 0) is 24.8 Å². The summed E-state index contributed by atoms with van der Waals surface area (Å²) in [5, 5.41) is 4.17. The number of rotatable bonds is 4. The van der Waals surface area contributed by atoms with E-state index in [0.29, 0.717) is 36.3 Å². The van der Waals surface area contributed by atoms with Crippen molar-refractivity contribution < 1.29 is 19.1 Å². The molecule has 2 aliphatic rings. The van der Waals surface area contributed by atoms with Crippen molar-refractivity contribution in [1.29, 1.82) is 0 Å². The summed E-state index contributed by atoms with van der Waals surface area (Å²) < 4.78 is 15.6. The largest absolute Gasteiger partial charge is 0.494 e. The molecule has 0 radical (unpaired) electrons. The quantitative estimate of drug-likeness (QED) is 0.280. The standard InChI is InChI=1S/C37H43N7O4/c1-22-28-14-13-24-19-30(44(34(24)40-28)16-9-5-6-10-23-11-7-8-12-26(23)36(45)39-22)35-41-29-18-25(20-32(48-4)33(29)42(35)2)37(46)43-17-15-31(47-3)27(38)21-43/h7-8,11-14,18-20,22,27,31H,5-6,9-10,15-17,21,38H2,1-4H3,(H,39,45)/t22-,27+,31-/m1/s1. The highest BCUT2D eigenvalue weighted by Gasteiger charge is 2.31. The Labute approximate surface area is 280 Å². The minimum absolute atomic E-state index is 0.0581. The third-order valence-corrected chi connectivity index (χ3v) is 9.96. The number of methoxy groups -OCH3 is 2. The van der Waals surface area contributed by atoms with E-state index in [4.69, 9.17) is 25.2 Å². The topological polar surface area (TPSA) is 130 Å². The first kappa shape index (κ1) is 31.8. The second-order valence-electron chi connectivity index (χ2n) is 13.0. The third kappa shape index (κ3) is 5.71. The summed E-state index contributed by atoms with van der Waals surface area (Å²) in [6.07, 6.45) is 4.39. The van der Waals surface area contributed by atoms with Gasteiger partial charge in [0.1, 0.15) is 16.9 Å². The summed E-state index contributed by atoms with van der Waals surface area (Å²) in [5.41, 5.74) is 12.7. The van der Waals surface area contributed by atoms with Crippen molar-refractivity contribution in [3.05, 3.63) is 77.0 Å². The zero-order valence-corrected chi connectivity index (χ0v) is 28.0. The summed E-state index contributed by atoms with van der Waals surface area (Å²) in [7, 11) is 5.25. The van der Waals surface area contributed by atoms with Gasteiger partial charge in [0.2, 0.25) is 0 Å². The predicted molar refractivity (Wildman–Crippen MR) is 185 cm³/mol. The summed E-state index contributed by atoms with van der Waals surface area (Å²) in [6, 6.07) is 17.2. The Morgan fingerprint density at radius 1 is 1.02 bits per heavy atom. The molecule has 2 bridgehead atoms. The molecule has 2 amide bonds. The van der Waals surface area contributed by atoms with Gasteiger partial charge in [0.05, 0.1) is 36.2 Å². The van der Waals surface area contributed by atoms with Crippen LogP contribution in [0.4, 0.5) is 0 Å². The fourth-order valence-electron chi connectivity index (χ4n) is 7.30. The number of aryl methyl sites for hydroxylation is 3. The average molecular weight is 650 g/mol. The van der Waals surface area contributed by atoms with Crippen LogP contribution in [0.5, 0.6) is 5.75 Å². The fourth-order valence-corrected chi connectivity index (χ4v) is 7.30. The number of nitrogens with zero attached hydrogens (tertiary/aromatic N) is 5. The van der Waals surface area contributed by atoms with Gasteiger partial charge in [-0.3, -0.25) is 9.59 Å². The highest BCUT2D eigenvalue weighted by molar-refractivity contribution is 6.00. The maximum absolute atomic E-state index is 13.7. The zero-order chi connectivity index (χ0) is 33.5. The molecule has 3 atom stereocenters. The number of carbonyl (C=O) groups excluding carboxylic acids is 2. The van der Waals surface area contributed by atoms with Gasteiger partial charge in [0.25, 0.3) is 11.8 Å². The minimum atomic E-state index is -0.282. The van der Waals surface area contributed by atoms with Crippen molar-refractivity contribution in [1.82, 2.24) is 29.3 Å². The highest BCUT2D eigenvalue weighted by Crippen LogP contribution is 2.35. The van der Waals surface area contributed by atoms with E-state index in [0.717, 1.165) is 77.1 Å². The molecule has 1 fully saturated rings. The van der Waals surface area contributed by atoms with Crippen LogP contribution in [0, 0.1) is 0 Å². The van der Waals surface area contributed by atoms with E-state index in [9.17, 15) is 9.59 Å². The number of nitrogens with one attached hydrogen (secondary N) is 1. The molecule has 11 nitrogen and oxygen atoms in total. The molecule has 2 aliphatic heterocycles. The Hall–Kier alpha value is -4.74. The van der Waals surface area contributed by atoms with E-state index in [1.807, 2.05) is 48.9 Å². The van der Waals surface area contributed by atoms with E-state index in [2.05, 4.69) is 28.1 Å². The van der Waals surface area contributed by atoms with Crippen LogP contribution >= 0.6 is 0 Å². The second kappa shape index (κ2) is 13.0. The van der Waals surface area contributed by atoms with E-state index >= 15 is 0 Å². The Morgan fingerprint density at radius 3 is 2.65 bits per heavy atom. The maximum atomic E-state index is 13.7. The molecule has 5 aromatic rings. The van der Waals surface area contributed by atoms with E-state index in [1.165, 1.54) is 0 Å². The molecular weight excluding hydrogens is 606 g/mol. The number of carbonyl (C=O) groups is 2. The normalized spacial score (nSPS) is 20.5. The van der Waals surface area contributed by atoms with E-state index in [-0.39, 0.29) is 30.0 Å². The molecular formula is C37H43N7O4. The Bertz CT molecular complexity index is 2010. The number of ether oxygens (including phenoxy) is 2. The molecule has 0 aliphatic carbocycles. The van der Waals surface area contributed by atoms with Crippen molar-refractivity contribution in [3.63, 3.8) is 0 Å². The molecule has 2 aromatic carbocycles. The fraction of sp³-hybridized carbons (Fsp3) is 0.405. The van der Waals surface area contributed by atoms with E-state index in [1.54, 1.807) is 25.2 Å². The molecule has 11 heteroatoms. The van der Waals surface area contributed by atoms with Crippen molar-refractivity contribution >= 4 is 33.9 Å². The first-order valence-corrected chi connectivity index (χ1v) is 16.8. The number of imidazole rings is 1. The molecule has 250 valence electrons. The summed E-state index contributed by atoms with van der Waals surface area (Å²) in [5.74, 6) is 1.15. The van der Waals surface area contributed by atoms with Gasteiger partial charge in [-0.05, 0) is 74.6 Å². The molecule has 5 heterocycles. The van der Waals surface area contributed by atoms with Gasteiger partial charge in [0, 0.05) is 56.3 Å². The number of likely N-dealkylation sites (tertiary alicyclic amines) is 1. The minimum Gasteiger partial charge on any atom is -0.494 e. The first-order valence-electron chi connectivity index (χ1n) is 16.8. The lowest BCUT2D eigenvalue weighted by molar-refractivity contribution is 0.0227. The van der Waals surface area contributed by atoms with E-state index < -0.39 is 0 Å². The molecule has 3 aromatic heterocycles. The lowest BCUT2D eigenvalue weighted by Crippen LogP contribution is -2.53. The third-order valence-electron chi connectivity index (χ3n) is 9.96. The van der Waals surface area contributed by atoms with Crippen molar-refractivity contribution in [3.8, 4) is 17.3 Å². The van der Waals surface area contributed by atoms with Crippen LogP contribution < -0.4 is 15.8 Å². The number of aromatic nitrogens is 4. The Morgan fingerprint density at radius 2 is 1.85 bits per heavy atom. The predicted octanol–water partition coefficient (Wildman–Crippen LogP) is 5.00. The molecule has 1 saturated heterocycles. The molecule has 0 unspecified atom stereocenters. The van der Waals surface area contributed by atoms with Gasteiger partial charge >= 0.3 is 0 Å². The number of fused-ring (bicyclic) bond motifs is 3. The van der Waals surface area contributed by atoms with Gasteiger partial charge in [-0.25, -0.2) is 9.97 Å². The summed E-state index contributed by atoms with van der Waals surface area (Å²) in [4.78, 5) is 39.0. The second-order valence-corrected chi connectivity index (χ2v) is 13.0. The molecule has 48 heavy (non-hydrogen) atoms.